The number of aryl methyl sites for hydroxylation is 1. The number of aromatic nitrogens is 2. The zero-order chi connectivity index (χ0) is 15.2. The van der Waals surface area contributed by atoms with Crippen LogP contribution in [0.15, 0.2) is 4.90 Å². The summed E-state index contributed by atoms with van der Waals surface area (Å²) >= 11 is 1.61. The molecule has 0 amide bonds. The van der Waals surface area contributed by atoms with E-state index in [1.54, 1.807) is 18.7 Å². The Morgan fingerprint density at radius 1 is 1.45 bits per heavy atom. The minimum Gasteiger partial charge on any atom is -0.311 e. The summed E-state index contributed by atoms with van der Waals surface area (Å²) in [5.41, 5.74) is 1.11. The molecule has 0 fully saturated rings. The fourth-order valence-electron chi connectivity index (χ4n) is 1.94. The summed E-state index contributed by atoms with van der Waals surface area (Å²) in [5, 5.41) is 10.0. The van der Waals surface area contributed by atoms with Crippen LogP contribution < -0.4 is 10.0 Å². The Labute approximate surface area is 125 Å². The molecule has 0 saturated heterocycles. The molecule has 0 aromatic carbocycles. The van der Waals surface area contributed by atoms with E-state index in [0.29, 0.717) is 17.9 Å². The normalized spacial score (nSPS) is 13.6. The van der Waals surface area contributed by atoms with Gasteiger partial charge in [0.15, 0.2) is 0 Å². The lowest BCUT2D eigenvalue weighted by atomic mass is 10.3. The number of H-pyrrole nitrogens is 1. The molecule has 1 aromatic heterocycles. The van der Waals surface area contributed by atoms with Crippen LogP contribution in [0.3, 0.4) is 0 Å². The zero-order valence-electron chi connectivity index (χ0n) is 12.5. The monoisotopic (exact) mass is 320 g/mol. The largest absolute Gasteiger partial charge is 0.311 e. The van der Waals surface area contributed by atoms with Gasteiger partial charge in [0.05, 0.1) is 11.4 Å². The van der Waals surface area contributed by atoms with E-state index >= 15 is 0 Å². The maximum atomic E-state index is 12.4. The van der Waals surface area contributed by atoms with Crippen LogP contribution in [0.1, 0.15) is 31.7 Å². The van der Waals surface area contributed by atoms with Crippen LogP contribution in [-0.2, 0) is 16.6 Å². The van der Waals surface area contributed by atoms with Crippen molar-refractivity contribution >= 4 is 21.8 Å². The summed E-state index contributed by atoms with van der Waals surface area (Å²) < 4.78 is 27.6. The van der Waals surface area contributed by atoms with Crippen molar-refractivity contribution in [3.05, 3.63) is 11.4 Å². The second-order valence-electron chi connectivity index (χ2n) is 4.78. The first-order valence-corrected chi connectivity index (χ1v) is 9.55. The van der Waals surface area contributed by atoms with E-state index in [2.05, 4.69) is 27.2 Å². The molecule has 0 bridgehead atoms. The Morgan fingerprint density at radius 3 is 2.75 bits per heavy atom. The Bertz CT molecular complexity index is 514. The first kappa shape index (κ1) is 17.5. The highest BCUT2D eigenvalue weighted by Crippen LogP contribution is 2.18. The number of rotatable bonds is 9. The highest BCUT2D eigenvalue weighted by Gasteiger charge is 2.25. The van der Waals surface area contributed by atoms with Gasteiger partial charge in [0.1, 0.15) is 4.90 Å². The third-order valence-electron chi connectivity index (χ3n) is 2.72. The lowest BCUT2D eigenvalue weighted by Crippen LogP contribution is -2.35. The molecule has 0 aliphatic rings. The molecule has 1 aromatic rings. The van der Waals surface area contributed by atoms with Gasteiger partial charge in [-0.2, -0.15) is 16.9 Å². The minimum absolute atomic E-state index is 0.110. The third-order valence-corrected chi connectivity index (χ3v) is 5.35. The molecule has 0 radical (unpaired) electrons. The average Bonchev–Trinajstić information content (AvgIpc) is 2.71. The van der Waals surface area contributed by atoms with Gasteiger partial charge < -0.3 is 5.32 Å². The summed E-state index contributed by atoms with van der Waals surface area (Å²) in [6.45, 7) is 6.93. The van der Waals surface area contributed by atoms with Crippen LogP contribution in [0.4, 0.5) is 0 Å². The number of nitrogens with one attached hydrogen (secondary N) is 3. The molecule has 0 aliphatic heterocycles. The van der Waals surface area contributed by atoms with Gasteiger partial charge >= 0.3 is 0 Å². The minimum atomic E-state index is -3.53. The molecule has 1 heterocycles. The van der Waals surface area contributed by atoms with Crippen molar-refractivity contribution < 1.29 is 8.42 Å². The van der Waals surface area contributed by atoms with E-state index in [1.807, 2.05) is 13.2 Å². The van der Waals surface area contributed by atoms with Gasteiger partial charge in [-0.3, -0.25) is 5.10 Å². The highest BCUT2D eigenvalue weighted by molar-refractivity contribution is 7.98. The van der Waals surface area contributed by atoms with Crippen LogP contribution in [0.2, 0.25) is 0 Å². The Hall–Kier alpha value is -0.570. The topological polar surface area (TPSA) is 86.9 Å². The Balaban J connectivity index is 2.90. The maximum absolute atomic E-state index is 12.4. The van der Waals surface area contributed by atoms with Gasteiger partial charge in [0.2, 0.25) is 10.0 Å². The number of aromatic amines is 1. The second kappa shape index (κ2) is 8.02. The molecule has 3 N–H and O–H groups in total. The molecule has 20 heavy (non-hydrogen) atoms. The van der Waals surface area contributed by atoms with Crippen LogP contribution in [0.25, 0.3) is 0 Å². The molecule has 116 valence electrons. The number of nitrogens with zero attached hydrogens (tertiary/aromatic N) is 1. The van der Waals surface area contributed by atoms with Crippen LogP contribution in [-0.4, -0.2) is 43.2 Å². The third kappa shape index (κ3) is 4.76. The summed E-state index contributed by atoms with van der Waals surface area (Å²) in [5.74, 6) is 0.736. The fraction of sp³-hybridized carbons (Fsp3) is 0.750. The first-order chi connectivity index (χ1) is 9.42. The Kier molecular flexibility index (Phi) is 7.01. The van der Waals surface area contributed by atoms with Gasteiger partial charge in [-0.1, -0.05) is 6.92 Å². The molecular formula is C12H24N4O2S2. The summed E-state index contributed by atoms with van der Waals surface area (Å²) in [6.07, 6.45) is 2.95. The number of sulfonamides is 1. The van der Waals surface area contributed by atoms with Crippen LogP contribution in [0.5, 0.6) is 0 Å². The average molecular weight is 320 g/mol. The van der Waals surface area contributed by atoms with Crippen molar-refractivity contribution in [2.45, 2.75) is 44.7 Å². The van der Waals surface area contributed by atoms with Crippen molar-refractivity contribution in [2.24, 2.45) is 0 Å². The molecule has 1 rings (SSSR count). The first-order valence-electron chi connectivity index (χ1n) is 6.68. The molecule has 6 nitrogen and oxygen atoms in total. The van der Waals surface area contributed by atoms with E-state index in [9.17, 15) is 8.42 Å². The highest BCUT2D eigenvalue weighted by atomic mass is 32.2. The molecule has 1 unspecified atom stereocenters. The standard InChI is InChI=1S/C12H24N4O2S2/c1-5-6-13-7-11-12(10(3)14-15-11)20(17,18)16-9(2)8-19-4/h9,13,16H,5-8H2,1-4H3,(H,14,15). The van der Waals surface area contributed by atoms with Crippen LogP contribution in [0, 0.1) is 6.92 Å². The molecule has 0 spiro atoms. The van der Waals surface area contributed by atoms with Crippen molar-refractivity contribution in [3.63, 3.8) is 0 Å². The predicted molar refractivity (Wildman–Crippen MR) is 83.5 cm³/mol. The molecular weight excluding hydrogens is 296 g/mol. The molecule has 8 heteroatoms. The van der Waals surface area contributed by atoms with E-state index in [4.69, 9.17) is 0 Å². The molecule has 0 saturated carbocycles. The maximum Gasteiger partial charge on any atom is 0.244 e. The van der Waals surface area contributed by atoms with Gasteiger partial charge in [0.25, 0.3) is 0 Å². The molecule has 0 aliphatic carbocycles. The van der Waals surface area contributed by atoms with Crippen molar-refractivity contribution in [1.82, 2.24) is 20.2 Å². The van der Waals surface area contributed by atoms with Crippen LogP contribution >= 0.6 is 11.8 Å². The van der Waals surface area contributed by atoms with Crippen molar-refractivity contribution in [3.8, 4) is 0 Å². The summed E-state index contributed by atoms with van der Waals surface area (Å²) in [6, 6.07) is -0.110. The van der Waals surface area contributed by atoms with Crippen molar-refractivity contribution in [2.75, 3.05) is 18.6 Å². The predicted octanol–water partition coefficient (Wildman–Crippen LogP) is 1.25. The van der Waals surface area contributed by atoms with Gasteiger partial charge in [-0.25, -0.2) is 13.1 Å². The number of hydrogen-bond donors (Lipinski definition) is 3. The quantitative estimate of drug-likeness (QED) is 0.596. The van der Waals surface area contributed by atoms with E-state index in [-0.39, 0.29) is 10.9 Å². The summed E-state index contributed by atoms with van der Waals surface area (Å²) in [7, 11) is -3.53. The van der Waals surface area contributed by atoms with E-state index < -0.39 is 10.0 Å². The second-order valence-corrected chi connectivity index (χ2v) is 7.34. The summed E-state index contributed by atoms with van der Waals surface area (Å²) in [4.78, 5) is 0.272. The zero-order valence-corrected chi connectivity index (χ0v) is 14.1. The van der Waals surface area contributed by atoms with Gasteiger partial charge in [-0.15, -0.1) is 0 Å². The van der Waals surface area contributed by atoms with E-state index in [0.717, 1.165) is 18.7 Å². The molecule has 1 atom stereocenters. The van der Waals surface area contributed by atoms with Crippen molar-refractivity contribution in [1.29, 1.82) is 0 Å². The SMILES string of the molecule is CCCNCc1n[nH]c(C)c1S(=O)(=O)NC(C)CSC. The van der Waals surface area contributed by atoms with Gasteiger partial charge in [0, 0.05) is 18.3 Å². The number of hydrogen-bond acceptors (Lipinski definition) is 5. The lowest BCUT2D eigenvalue weighted by molar-refractivity contribution is 0.567. The van der Waals surface area contributed by atoms with Gasteiger partial charge in [-0.05, 0) is 33.1 Å². The smallest absolute Gasteiger partial charge is 0.244 e. The number of thioether (sulfide) groups is 1. The Morgan fingerprint density at radius 2 is 2.15 bits per heavy atom. The fourth-order valence-corrected chi connectivity index (χ4v) is 4.23. The lowest BCUT2D eigenvalue weighted by Gasteiger charge is -2.13. The van der Waals surface area contributed by atoms with E-state index in [1.165, 1.54) is 0 Å².